The summed E-state index contributed by atoms with van der Waals surface area (Å²) in [5.41, 5.74) is 2.28. The van der Waals surface area contributed by atoms with Crippen LogP contribution in [0.3, 0.4) is 0 Å². The van der Waals surface area contributed by atoms with Crippen LogP contribution in [0.1, 0.15) is 5.56 Å². The summed E-state index contributed by atoms with van der Waals surface area (Å²) in [7, 11) is 0. The minimum atomic E-state index is -0.435. The van der Waals surface area contributed by atoms with Crippen molar-refractivity contribution in [2.45, 2.75) is 6.54 Å². The van der Waals surface area contributed by atoms with Gasteiger partial charge in [0.15, 0.2) is 5.58 Å². The molecule has 0 unspecified atom stereocenters. The van der Waals surface area contributed by atoms with Crippen LogP contribution in [0.15, 0.2) is 50.2 Å². The molecule has 0 saturated heterocycles. The van der Waals surface area contributed by atoms with Crippen LogP contribution >= 0.6 is 15.9 Å². The molecule has 19 heavy (non-hydrogen) atoms. The van der Waals surface area contributed by atoms with E-state index in [4.69, 9.17) is 4.42 Å². The zero-order valence-corrected chi connectivity index (χ0v) is 11.4. The Kier molecular flexibility index (Phi) is 3.08. The van der Waals surface area contributed by atoms with E-state index in [1.54, 1.807) is 6.20 Å². The number of nitrogens with zero attached hydrogens (tertiary/aromatic N) is 1. The molecule has 6 heteroatoms. The van der Waals surface area contributed by atoms with Gasteiger partial charge in [-0.3, -0.25) is 4.98 Å². The highest BCUT2D eigenvalue weighted by Crippen LogP contribution is 2.15. The van der Waals surface area contributed by atoms with Crippen LogP contribution in [0.25, 0.3) is 11.1 Å². The second kappa shape index (κ2) is 4.89. The highest BCUT2D eigenvalue weighted by molar-refractivity contribution is 9.10. The number of rotatable bonds is 3. The van der Waals surface area contributed by atoms with Gasteiger partial charge in [-0.15, -0.1) is 0 Å². The number of hydrogen-bond acceptors (Lipinski definition) is 4. The zero-order chi connectivity index (χ0) is 13.2. The maximum absolute atomic E-state index is 11.1. The Hall–Kier alpha value is -2.08. The smallest absolute Gasteiger partial charge is 0.408 e. The first-order valence-corrected chi connectivity index (χ1v) is 6.47. The molecule has 0 aliphatic heterocycles. The molecule has 3 aromatic rings. The SMILES string of the molecule is O=c1[nH]c2ccc(CNc3ccc(Br)cn3)cc2o1. The average Bonchev–Trinajstić information content (AvgIpc) is 2.77. The van der Waals surface area contributed by atoms with Gasteiger partial charge in [-0.2, -0.15) is 0 Å². The summed E-state index contributed by atoms with van der Waals surface area (Å²) in [6, 6.07) is 9.40. The normalized spacial score (nSPS) is 10.8. The maximum atomic E-state index is 11.1. The molecule has 0 amide bonds. The van der Waals surface area contributed by atoms with E-state index in [-0.39, 0.29) is 0 Å². The minimum Gasteiger partial charge on any atom is -0.408 e. The van der Waals surface area contributed by atoms with E-state index >= 15 is 0 Å². The monoisotopic (exact) mass is 319 g/mol. The van der Waals surface area contributed by atoms with Crippen molar-refractivity contribution >= 4 is 32.8 Å². The topological polar surface area (TPSA) is 70.9 Å². The fourth-order valence-corrected chi connectivity index (χ4v) is 2.01. The Morgan fingerprint density at radius 1 is 1.32 bits per heavy atom. The number of aromatic nitrogens is 2. The third-order valence-corrected chi connectivity index (χ3v) is 3.16. The molecule has 0 fully saturated rings. The number of nitrogens with one attached hydrogen (secondary N) is 2. The van der Waals surface area contributed by atoms with Crippen molar-refractivity contribution in [1.29, 1.82) is 0 Å². The van der Waals surface area contributed by atoms with Crippen LogP contribution in [-0.2, 0) is 6.54 Å². The molecule has 2 heterocycles. The van der Waals surface area contributed by atoms with Gasteiger partial charge >= 0.3 is 5.76 Å². The van der Waals surface area contributed by atoms with Crippen molar-refractivity contribution < 1.29 is 4.42 Å². The van der Waals surface area contributed by atoms with Gasteiger partial charge in [0.1, 0.15) is 5.82 Å². The van der Waals surface area contributed by atoms with Crippen LogP contribution in [0, 0.1) is 0 Å². The second-order valence-electron chi connectivity index (χ2n) is 4.06. The van der Waals surface area contributed by atoms with Crippen LogP contribution in [-0.4, -0.2) is 9.97 Å². The number of aromatic amines is 1. The Balaban J connectivity index is 1.77. The lowest BCUT2D eigenvalue weighted by atomic mass is 10.2. The lowest BCUT2D eigenvalue weighted by Crippen LogP contribution is -2.00. The number of H-pyrrole nitrogens is 1. The van der Waals surface area contributed by atoms with Gasteiger partial charge in [-0.05, 0) is 45.8 Å². The van der Waals surface area contributed by atoms with Crippen molar-refractivity contribution in [3.63, 3.8) is 0 Å². The number of oxazole rings is 1. The van der Waals surface area contributed by atoms with Gasteiger partial charge in [0.2, 0.25) is 0 Å². The maximum Gasteiger partial charge on any atom is 0.417 e. The standard InChI is InChI=1S/C13H10BrN3O2/c14-9-2-4-12(16-7-9)15-6-8-1-3-10-11(5-8)19-13(18)17-10/h1-5,7H,6H2,(H,15,16)(H,17,18). The van der Waals surface area contributed by atoms with E-state index in [2.05, 4.69) is 31.2 Å². The Morgan fingerprint density at radius 2 is 2.21 bits per heavy atom. The van der Waals surface area contributed by atoms with Crippen molar-refractivity contribution in [3.8, 4) is 0 Å². The summed E-state index contributed by atoms with van der Waals surface area (Å²) < 4.78 is 5.95. The molecular weight excluding hydrogens is 310 g/mol. The van der Waals surface area contributed by atoms with Crippen LogP contribution in [0.4, 0.5) is 5.82 Å². The molecule has 0 aliphatic rings. The van der Waals surface area contributed by atoms with Crippen LogP contribution < -0.4 is 11.1 Å². The van der Waals surface area contributed by atoms with E-state index in [9.17, 15) is 4.79 Å². The minimum absolute atomic E-state index is 0.435. The number of hydrogen-bond donors (Lipinski definition) is 2. The first-order chi connectivity index (χ1) is 9.20. The number of anilines is 1. The zero-order valence-electron chi connectivity index (χ0n) is 9.81. The highest BCUT2D eigenvalue weighted by atomic mass is 79.9. The van der Waals surface area contributed by atoms with E-state index < -0.39 is 5.76 Å². The van der Waals surface area contributed by atoms with Crippen LogP contribution in [0.5, 0.6) is 0 Å². The quantitative estimate of drug-likeness (QED) is 0.778. The summed E-state index contributed by atoms with van der Waals surface area (Å²) in [5.74, 6) is 0.355. The van der Waals surface area contributed by atoms with Crippen molar-refractivity contribution in [2.24, 2.45) is 0 Å². The molecule has 2 aromatic heterocycles. The Bertz CT molecular complexity index is 761. The molecule has 96 valence electrons. The largest absolute Gasteiger partial charge is 0.417 e. The van der Waals surface area contributed by atoms with E-state index in [1.165, 1.54) is 0 Å². The van der Waals surface area contributed by atoms with Crippen molar-refractivity contribution in [1.82, 2.24) is 9.97 Å². The number of benzene rings is 1. The van der Waals surface area contributed by atoms with E-state index in [0.717, 1.165) is 15.9 Å². The van der Waals surface area contributed by atoms with Gasteiger partial charge < -0.3 is 9.73 Å². The summed E-state index contributed by atoms with van der Waals surface area (Å²) >= 11 is 3.34. The molecule has 0 radical (unpaired) electrons. The Labute approximate surface area is 116 Å². The lowest BCUT2D eigenvalue weighted by Gasteiger charge is -2.05. The fraction of sp³-hybridized carbons (Fsp3) is 0.0769. The van der Waals surface area contributed by atoms with Gasteiger partial charge in [0.05, 0.1) is 5.52 Å². The number of fused-ring (bicyclic) bond motifs is 1. The second-order valence-corrected chi connectivity index (χ2v) is 4.98. The molecule has 1 aromatic carbocycles. The van der Waals surface area contributed by atoms with Crippen molar-refractivity contribution in [3.05, 3.63) is 57.1 Å². The molecule has 0 saturated carbocycles. The average molecular weight is 320 g/mol. The van der Waals surface area contributed by atoms with E-state index in [1.807, 2.05) is 30.3 Å². The molecule has 3 rings (SSSR count). The fourth-order valence-electron chi connectivity index (χ4n) is 1.77. The third-order valence-electron chi connectivity index (χ3n) is 2.69. The van der Waals surface area contributed by atoms with Crippen LogP contribution in [0.2, 0.25) is 0 Å². The number of pyridine rings is 1. The highest BCUT2D eigenvalue weighted by Gasteiger charge is 2.02. The molecule has 0 aliphatic carbocycles. The first kappa shape index (κ1) is 12.0. The summed E-state index contributed by atoms with van der Waals surface area (Å²) in [6.45, 7) is 0.611. The molecule has 0 bridgehead atoms. The molecule has 2 N–H and O–H groups in total. The molecule has 0 atom stereocenters. The summed E-state index contributed by atoms with van der Waals surface area (Å²) in [5, 5.41) is 3.20. The Morgan fingerprint density at radius 3 is 3.00 bits per heavy atom. The van der Waals surface area contributed by atoms with Gasteiger partial charge in [0.25, 0.3) is 0 Å². The van der Waals surface area contributed by atoms with Crippen molar-refractivity contribution in [2.75, 3.05) is 5.32 Å². The molecule has 5 nitrogen and oxygen atoms in total. The summed E-state index contributed by atoms with van der Waals surface area (Å²) in [6.07, 6.45) is 1.73. The predicted octanol–water partition coefficient (Wildman–Crippen LogP) is 2.89. The molecular formula is C13H10BrN3O2. The first-order valence-electron chi connectivity index (χ1n) is 5.68. The van der Waals surface area contributed by atoms with Gasteiger partial charge in [0, 0.05) is 17.2 Å². The van der Waals surface area contributed by atoms with Gasteiger partial charge in [-0.25, -0.2) is 9.78 Å². The molecule has 0 spiro atoms. The lowest BCUT2D eigenvalue weighted by molar-refractivity contribution is 0.555. The summed E-state index contributed by atoms with van der Waals surface area (Å²) in [4.78, 5) is 17.9. The van der Waals surface area contributed by atoms with E-state index in [0.29, 0.717) is 17.6 Å². The third kappa shape index (κ3) is 2.68. The van der Waals surface area contributed by atoms with Gasteiger partial charge in [-0.1, -0.05) is 6.07 Å². The number of halogens is 1. The predicted molar refractivity (Wildman–Crippen MR) is 76.1 cm³/mol.